The van der Waals surface area contributed by atoms with E-state index < -0.39 is 0 Å². The predicted molar refractivity (Wildman–Crippen MR) is 70.4 cm³/mol. The van der Waals surface area contributed by atoms with E-state index >= 15 is 0 Å². The molecule has 0 aliphatic rings. The van der Waals surface area contributed by atoms with E-state index in [1.807, 2.05) is 19.9 Å². The maximum Gasteiger partial charge on any atom is 0.355 e. The molecule has 0 rings (SSSR count). The summed E-state index contributed by atoms with van der Waals surface area (Å²) in [5.74, 6) is -0.359. The molecule has 0 saturated heterocycles. The molecule has 0 aromatic rings. The number of nitrogens with zero attached hydrogens (tertiary/aromatic N) is 1. The van der Waals surface area contributed by atoms with Crippen LogP contribution in [0.2, 0.25) is 0 Å². The van der Waals surface area contributed by atoms with E-state index in [-0.39, 0.29) is 11.5 Å². The Bertz CT molecular complexity index is 307. The summed E-state index contributed by atoms with van der Waals surface area (Å²) < 4.78 is 4.71. The zero-order valence-corrected chi connectivity index (χ0v) is 11.7. The quantitative estimate of drug-likeness (QED) is 0.437. The van der Waals surface area contributed by atoms with Crippen LogP contribution in [0.1, 0.15) is 27.7 Å². The van der Waals surface area contributed by atoms with Crippen molar-refractivity contribution in [1.82, 2.24) is 10.2 Å². The second-order valence-corrected chi connectivity index (χ2v) is 4.22. The van der Waals surface area contributed by atoms with Gasteiger partial charge in [-0.05, 0) is 27.7 Å². The van der Waals surface area contributed by atoms with Gasteiger partial charge in [0.15, 0.2) is 0 Å². The fraction of sp³-hybridized carbons (Fsp3) is 0.615. The van der Waals surface area contributed by atoms with Gasteiger partial charge in [-0.25, -0.2) is 4.79 Å². The minimum atomic E-state index is -0.359. The van der Waals surface area contributed by atoms with Crippen LogP contribution < -0.4 is 5.32 Å². The lowest BCUT2D eigenvalue weighted by Gasteiger charge is -2.35. The van der Waals surface area contributed by atoms with Gasteiger partial charge in [0.05, 0.1) is 12.6 Å². The number of carbonyl (C=O) groups excluding carboxylic acids is 1. The maximum atomic E-state index is 11.5. The summed E-state index contributed by atoms with van der Waals surface area (Å²) in [7, 11) is 3.08. The molecule has 0 saturated carbocycles. The van der Waals surface area contributed by atoms with Crippen molar-refractivity contribution < 1.29 is 9.53 Å². The maximum absolute atomic E-state index is 11.5. The summed E-state index contributed by atoms with van der Waals surface area (Å²) in [5.41, 5.74) is 0.312. The topological polar surface area (TPSA) is 41.6 Å². The van der Waals surface area contributed by atoms with Gasteiger partial charge < -0.3 is 15.0 Å². The number of methoxy groups -OCH3 is 1. The van der Waals surface area contributed by atoms with E-state index in [4.69, 9.17) is 4.74 Å². The summed E-state index contributed by atoms with van der Waals surface area (Å²) in [6.45, 7) is 9.03. The molecule has 0 unspecified atom stereocenters. The molecule has 0 aromatic heterocycles. The molecule has 0 fully saturated rings. The molecule has 1 N–H and O–H groups in total. The van der Waals surface area contributed by atoms with Gasteiger partial charge in [0, 0.05) is 19.8 Å². The minimum absolute atomic E-state index is 0.139. The van der Waals surface area contributed by atoms with Crippen LogP contribution in [0.3, 0.4) is 0 Å². The Morgan fingerprint density at radius 3 is 2.41 bits per heavy atom. The molecular weight excluding hydrogens is 216 g/mol. The van der Waals surface area contributed by atoms with Gasteiger partial charge >= 0.3 is 5.97 Å². The number of ether oxygens (including phenoxy) is 1. The zero-order valence-electron chi connectivity index (χ0n) is 11.7. The predicted octanol–water partition coefficient (Wildman–Crippen LogP) is 1.90. The molecule has 98 valence electrons. The van der Waals surface area contributed by atoms with Crippen LogP contribution in [0.4, 0.5) is 0 Å². The molecule has 0 spiro atoms. The molecule has 0 aliphatic heterocycles. The van der Waals surface area contributed by atoms with E-state index in [1.54, 1.807) is 13.2 Å². The number of nitrogens with one attached hydrogen (secondary N) is 1. The number of esters is 1. The van der Waals surface area contributed by atoms with E-state index in [9.17, 15) is 4.79 Å². The summed E-state index contributed by atoms with van der Waals surface area (Å²) in [6, 6.07) is 0. The highest BCUT2D eigenvalue weighted by Gasteiger charge is 2.21. The van der Waals surface area contributed by atoms with Crippen molar-refractivity contribution in [3.05, 3.63) is 24.0 Å². The van der Waals surface area contributed by atoms with E-state index in [0.717, 1.165) is 6.54 Å². The number of carbonyl (C=O) groups is 1. The van der Waals surface area contributed by atoms with Crippen molar-refractivity contribution in [3.63, 3.8) is 0 Å². The normalized spacial score (nSPS) is 12.7. The Kier molecular flexibility index (Phi) is 6.39. The van der Waals surface area contributed by atoms with Crippen LogP contribution in [0.15, 0.2) is 24.0 Å². The second-order valence-electron chi connectivity index (χ2n) is 4.22. The molecule has 4 heteroatoms. The highest BCUT2D eigenvalue weighted by atomic mass is 16.5. The van der Waals surface area contributed by atoms with E-state index in [0.29, 0.717) is 5.70 Å². The van der Waals surface area contributed by atoms with Crippen LogP contribution in [0.5, 0.6) is 0 Å². The number of hydrogen-bond acceptors (Lipinski definition) is 4. The first-order valence-electron chi connectivity index (χ1n) is 5.81. The summed E-state index contributed by atoms with van der Waals surface area (Å²) in [4.78, 5) is 13.6. The summed E-state index contributed by atoms with van der Waals surface area (Å²) in [5, 5.41) is 2.85. The lowest BCUT2D eigenvalue weighted by molar-refractivity contribution is -0.136. The zero-order chi connectivity index (χ0) is 13.5. The fourth-order valence-corrected chi connectivity index (χ4v) is 1.65. The highest BCUT2D eigenvalue weighted by molar-refractivity contribution is 5.87. The molecule has 0 bridgehead atoms. The third kappa shape index (κ3) is 4.51. The van der Waals surface area contributed by atoms with Gasteiger partial charge in [-0.1, -0.05) is 12.2 Å². The number of likely N-dealkylation sites (N-methyl/N-ethyl adjacent to an activating group) is 2. The number of hydrogen-bond donors (Lipinski definition) is 1. The summed E-state index contributed by atoms with van der Waals surface area (Å²) >= 11 is 0. The van der Waals surface area contributed by atoms with Gasteiger partial charge in [-0.15, -0.1) is 0 Å². The van der Waals surface area contributed by atoms with Crippen molar-refractivity contribution in [2.75, 3.05) is 20.7 Å². The lowest BCUT2D eigenvalue weighted by atomic mass is 10.0. The second kappa shape index (κ2) is 6.99. The third-order valence-electron chi connectivity index (χ3n) is 2.62. The Morgan fingerprint density at radius 2 is 2.06 bits per heavy atom. The number of rotatable bonds is 6. The molecule has 0 atom stereocenters. The average molecular weight is 240 g/mol. The van der Waals surface area contributed by atoms with Crippen molar-refractivity contribution in [2.24, 2.45) is 0 Å². The minimum Gasteiger partial charge on any atom is -0.464 e. The van der Waals surface area contributed by atoms with E-state index in [2.05, 4.69) is 30.1 Å². The van der Waals surface area contributed by atoms with Crippen LogP contribution in [-0.4, -0.2) is 37.1 Å². The molecule has 0 aliphatic carbocycles. The smallest absolute Gasteiger partial charge is 0.355 e. The molecule has 0 radical (unpaired) electrons. The average Bonchev–Trinajstić information content (AvgIpc) is 2.29. The Balaban J connectivity index is 5.13. The van der Waals surface area contributed by atoms with Crippen molar-refractivity contribution >= 4 is 5.97 Å². The molecule has 0 heterocycles. The monoisotopic (exact) mass is 240 g/mol. The molecule has 0 aromatic carbocycles. The highest BCUT2D eigenvalue weighted by Crippen LogP contribution is 2.17. The first-order valence-corrected chi connectivity index (χ1v) is 5.81. The molecule has 4 nitrogen and oxygen atoms in total. The Labute approximate surface area is 104 Å². The first-order chi connectivity index (χ1) is 7.92. The standard InChI is InChI=1S/C13H24N2O2/c1-7-9-13(3,4)15(8-2)10-11(14-5)12(16)17-6/h7,9-10,14H,8H2,1-6H3/b9-7-,11-10-. The Morgan fingerprint density at radius 1 is 1.47 bits per heavy atom. The van der Waals surface area contributed by atoms with Crippen LogP contribution in [-0.2, 0) is 9.53 Å². The lowest BCUT2D eigenvalue weighted by Crippen LogP contribution is -2.39. The molecule has 0 amide bonds. The van der Waals surface area contributed by atoms with Crippen molar-refractivity contribution in [1.29, 1.82) is 0 Å². The van der Waals surface area contributed by atoms with Gasteiger partial charge in [0.1, 0.15) is 5.70 Å². The fourth-order valence-electron chi connectivity index (χ4n) is 1.65. The van der Waals surface area contributed by atoms with Crippen LogP contribution >= 0.6 is 0 Å². The van der Waals surface area contributed by atoms with Gasteiger partial charge in [-0.3, -0.25) is 0 Å². The van der Waals surface area contributed by atoms with Gasteiger partial charge in [0.2, 0.25) is 0 Å². The SMILES string of the molecule is C/C=C\C(C)(C)N(/C=C(\NC)C(=O)OC)CC. The van der Waals surface area contributed by atoms with Crippen molar-refractivity contribution in [3.8, 4) is 0 Å². The third-order valence-corrected chi connectivity index (χ3v) is 2.62. The molecular formula is C13H24N2O2. The van der Waals surface area contributed by atoms with Crippen LogP contribution in [0.25, 0.3) is 0 Å². The number of allylic oxidation sites excluding steroid dienone is 1. The summed E-state index contributed by atoms with van der Waals surface area (Å²) in [6.07, 6.45) is 5.90. The van der Waals surface area contributed by atoms with Crippen LogP contribution in [0, 0.1) is 0 Å². The Hall–Kier alpha value is -1.45. The van der Waals surface area contributed by atoms with Crippen molar-refractivity contribution in [2.45, 2.75) is 33.2 Å². The van der Waals surface area contributed by atoms with E-state index in [1.165, 1.54) is 7.11 Å². The van der Waals surface area contributed by atoms with Gasteiger partial charge in [0.25, 0.3) is 0 Å². The first kappa shape index (κ1) is 15.6. The molecule has 17 heavy (non-hydrogen) atoms. The largest absolute Gasteiger partial charge is 0.464 e. The van der Waals surface area contributed by atoms with Gasteiger partial charge in [-0.2, -0.15) is 0 Å².